The monoisotopic (exact) mass is 214 g/mol. The summed E-state index contributed by atoms with van der Waals surface area (Å²) in [6, 6.07) is 0. The first-order chi connectivity index (χ1) is 6.79. The Kier molecular flexibility index (Phi) is 2.87. The minimum atomic E-state index is -0.320. The van der Waals surface area contributed by atoms with Crippen molar-refractivity contribution < 1.29 is 4.39 Å². The largest absolute Gasteiger partial charge is 0.368 e. The first-order valence-electron chi connectivity index (χ1n) is 4.83. The van der Waals surface area contributed by atoms with Crippen molar-refractivity contribution in [1.82, 2.24) is 4.98 Å². The summed E-state index contributed by atoms with van der Waals surface area (Å²) in [6.45, 7) is 1.78. The van der Waals surface area contributed by atoms with Gasteiger partial charge in [-0.3, -0.25) is 4.98 Å². The molecule has 1 saturated heterocycles. The zero-order valence-electron chi connectivity index (χ0n) is 7.84. The number of nitrogens with zero attached hydrogens (tertiary/aromatic N) is 2. The molecule has 14 heavy (non-hydrogen) atoms. The van der Waals surface area contributed by atoms with E-state index in [9.17, 15) is 4.39 Å². The zero-order valence-corrected chi connectivity index (χ0v) is 8.60. The molecule has 0 aliphatic carbocycles. The molecular weight excluding hydrogens is 203 g/mol. The van der Waals surface area contributed by atoms with E-state index in [1.807, 2.05) is 4.90 Å². The van der Waals surface area contributed by atoms with E-state index >= 15 is 0 Å². The van der Waals surface area contributed by atoms with Gasteiger partial charge in [-0.05, 0) is 19.3 Å². The van der Waals surface area contributed by atoms with Crippen LogP contribution in [0.3, 0.4) is 0 Å². The predicted octanol–water partition coefficient (Wildman–Crippen LogP) is 2.86. The van der Waals surface area contributed by atoms with Crippen LogP contribution in [0.15, 0.2) is 12.4 Å². The van der Waals surface area contributed by atoms with E-state index in [2.05, 4.69) is 4.98 Å². The van der Waals surface area contributed by atoms with Crippen molar-refractivity contribution in [2.45, 2.75) is 19.3 Å². The van der Waals surface area contributed by atoms with Gasteiger partial charge >= 0.3 is 0 Å². The Hall–Kier alpha value is -0.830. The second-order valence-corrected chi connectivity index (χ2v) is 3.91. The Morgan fingerprint density at radius 1 is 1.21 bits per heavy atom. The third-order valence-corrected chi connectivity index (χ3v) is 2.78. The summed E-state index contributed by atoms with van der Waals surface area (Å²) in [5.74, 6) is -0.320. The summed E-state index contributed by atoms with van der Waals surface area (Å²) in [7, 11) is 0. The molecule has 0 N–H and O–H groups in total. The zero-order chi connectivity index (χ0) is 9.97. The highest BCUT2D eigenvalue weighted by molar-refractivity contribution is 6.33. The molecule has 1 fully saturated rings. The molecule has 0 bridgehead atoms. The minimum absolute atomic E-state index is 0.320. The molecule has 0 aromatic carbocycles. The maximum atomic E-state index is 13.4. The standard InChI is InChI=1S/C10H12ClFN2/c11-8-6-13-7-9(12)10(8)14-4-2-1-3-5-14/h6-7H,1-5H2. The van der Waals surface area contributed by atoms with Gasteiger partial charge in [0.2, 0.25) is 0 Å². The Labute approximate surface area is 87.7 Å². The topological polar surface area (TPSA) is 16.1 Å². The van der Waals surface area contributed by atoms with Crippen LogP contribution in [0.25, 0.3) is 0 Å². The lowest BCUT2D eigenvalue weighted by Gasteiger charge is -2.29. The van der Waals surface area contributed by atoms with Crippen molar-refractivity contribution in [2.75, 3.05) is 18.0 Å². The smallest absolute Gasteiger partial charge is 0.166 e. The van der Waals surface area contributed by atoms with Gasteiger partial charge in [-0.1, -0.05) is 11.6 Å². The van der Waals surface area contributed by atoms with E-state index < -0.39 is 0 Å². The molecule has 0 radical (unpaired) electrons. The molecular formula is C10H12ClFN2. The number of hydrogen-bond acceptors (Lipinski definition) is 2. The third-order valence-electron chi connectivity index (χ3n) is 2.50. The normalized spacial score (nSPS) is 17.1. The molecule has 0 saturated carbocycles. The number of anilines is 1. The summed E-state index contributed by atoms with van der Waals surface area (Å²) < 4.78 is 13.4. The van der Waals surface area contributed by atoms with Crippen LogP contribution in [0.5, 0.6) is 0 Å². The number of aromatic nitrogens is 1. The van der Waals surface area contributed by atoms with Crippen LogP contribution in [-0.4, -0.2) is 18.1 Å². The van der Waals surface area contributed by atoms with Gasteiger partial charge in [0.15, 0.2) is 5.82 Å². The second-order valence-electron chi connectivity index (χ2n) is 3.50. The lowest BCUT2D eigenvalue weighted by atomic mass is 10.1. The Morgan fingerprint density at radius 3 is 2.57 bits per heavy atom. The molecule has 4 heteroatoms. The van der Waals surface area contributed by atoms with Crippen molar-refractivity contribution in [3.8, 4) is 0 Å². The van der Waals surface area contributed by atoms with Crippen LogP contribution in [0.1, 0.15) is 19.3 Å². The highest BCUT2D eigenvalue weighted by Crippen LogP contribution is 2.29. The summed E-state index contributed by atoms with van der Waals surface area (Å²) >= 11 is 5.92. The quantitative estimate of drug-likeness (QED) is 0.715. The number of hydrogen-bond donors (Lipinski definition) is 0. The fraction of sp³-hybridized carbons (Fsp3) is 0.500. The van der Waals surface area contributed by atoms with Gasteiger partial charge in [-0.2, -0.15) is 0 Å². The number of piperidine rings is 1. The molecule has 2 nitrogen and oxygen atoms in total. The molecule has 0 amide bonds. The summed E-state index contributed by atoms with van der Waals surface area (Å²) in [6.07, 6.45) is 6.15. The highest BCUT2D eigenvalue weighted by atomic mass is 35.5. The Morgan fingerprint density at radius 2 is 1.93 bits per heavy atom. The van der Waals surface area contributed by atoms with Gasteiger partial charge in [0.25, 0.3) is 0 Å². The molecule has 1 aliphatic heterocycles. The van der Waals surface area contributed by atoms with Crippen molar-refractivity contribution in [3.05, 3.63) is 23.2 Å². The van der Waals surface area contributed by atoms with Crippen molar-refractivity contribution in [2.24, 2.45) is 0 Å². The molecule has 0 spiro atoms. The van der Waals surface area contributed by atoms with Gasteiger partial charge in [-0.25, -0.2) is 4.39 Å². The van der Waals surface area contributed by atoms with Gasteiger partial charge in [0.1, 0.15) is 0 Å². The lowest BCUT2D eigenvalue weighted by molar-refractivity contribution is 0.555. The molecule has 0 atom stereocenters. The summed E-state index contributed by atoms with van der Waals surface area (Å²) in [5, 5.41) is 0.409. The molecule has 2 rings (SSSR count). The van der Waals surface area contributed by atoms with Crippen LogP contribution < -0.4 is 4.90 Å². The highest BCUT2D eigenvalue weighted by Gasteiger charge is 2.17. The number of pyridine rings is 1. The molecule has 1 aromatic rings. The number of halogens is 2. The van der Waals surface area contributed by atoms with E-state index in [-0.39, 0.29) is 5.82 Å². The fourth-order valence-corrected chi connectivity index (χ4v) is 2.09. The fourth-order valence-electron chi connectivity index (χ4n) is 1.82. The molecule has 2 heterocycles. The van der Waals surface area contributed by atoms with Crippen LogP contribution in [0.4, 0.5) is 10.1 Å². The molecule has 1 aromatic heterocycles. The molecule has 1 aliphatic rings. The predicted molar refractivity (Wildman–Crippen MR) is 55.3 cm³/mol. The van der Waals surface area contributed by atoms with Gasteiger partial charge < -0.3 is 4.90 Å². The van der Waals surface area contributed by atoms with Crippen LogP contribution in [0, 0.1) is 5.82 Å². The van der Waals surface area contributed by atoms with Gasteiger partial charge in [-0.15, -0.1) is 0 Å². The minimum Gasteiger partial charge on any atom is -0.368 e. The maximum absolute atomic E-state index is 13.4. The summed E-state index contributed by atoms with van der Waals surface area (Å²) in [4.78, 5) is 5.71. The van der Waals surface area contributed by atoms with Gasteiger partial charge in [0.05, 0.1) is 16.9 Å². The van der Waals surface area contributed by atoms with Gasteiger partial charge in [0, 0.05) is 19.3 Å². The van der Waals surface area contributed by atoms with Crippen molar-refractivity contribution in [3.63, 3.8) is 0 Å². The van der Waals surface area contributed by atoms with Crippen molar-refractivity contribution >= 4 is 17.3 Å². The van der Waals surface area contributed by atoms with Crippen molar-refractivity contribution in [1.29, 1.82) is 0 Å². The SMILES string of the molecule is Fc1cncc(Cl)c1N1CCCCC1. The van der Waals surface area contributed by atoms with E-state index in [1.165, 1.54) is 18.8 Å². The third kappa shape index (κ3) is 1.82. The average Bonchev–Trinajstić information content (AvgIpc) is 2.19. The maximum Gasteiger partial charge on any atom is 0.166 e. The lowest BCUT2D eigenvalue weighted by Crippen LogP contribution is -2.30. The first-order valence-corrected chi connectivity index (χ1v) is 5.21. The van der Waals surface area contributed by atoms with Crippen LogP contribution in [0.2, 0.25) is 5.02 Å². The first kappa shape index (κ1) is 9.71. The average molecular weight is 215 g/mol. The van der Waals surface area contributed by atoms with E-state index in [4.69, 9.17) is 11.6 Å². The number of rotatable bonds is 1. The molecule has 0 unspecified atom stereocenters. The van der Waals surface area contributed by atoms with E-state index in [0.717, 1.165) is 25.9 Å². The second kappa shape index (κ2) is 4.13. The Balaban J connectivity index is 2.29. The van der Waals surface area contributed by atoms with Crippen LogP contribution >= 0.6 is 11.6 Å². The van der Waals surface area contributed by atoms with E-state index in [0.29, 0.717) is 10.7 Å². The Bertz CT molecular complexity index is 304. The molecule has 76 valence electrons. The summed E-state index contributed by atoms with van der Waals surface area (Å²) in [5.41, 5.74) is 0.515. The van der Waals surface area contributed by atoms with E-state index in [1.54, 1.807) is 0 Å². The van der Waals surface area contributed by atoms with Crippen LogP contribution in [-0.2, 0) is 0 Å².